The molecular formula is C12H15ClN2O3. The van der Waals surface area contributed by atoms with Crippen molar-refractivity contribution in [2.24, 2.45) is 0 Å². The van der Waals surface area contributed by atoms with Gasteiger partial charge in [-0.2, -0.15) is 0 Å². The molecule has 2 heterocycles. The number of carboxylic acids is 1. The minimum atomic E-state index is -1.05. The first kappa shape index (κ1) is 13.1. The highest BCUT2D eigenvalue weighted by molar-refractivity contribution is 6.35. The van der Waals surface area contributed by atoms with E-state index in [-0.39, 0.29) is 10.6 Å². The van der Waals surface area contributed by atoms with E-state index in [0.29, 0.717) is 18.5 Å². The van der Waals surface area contributed by atoms with Crippen molar-refractivity contribution in [3.05, 3.63) is 22.8 Å². The molecule has 1 aliphatic heterocycles. The Bertz CT molecular complexity index is 433. The summed E-state index contributed by atoms with van der Waals surface area (Å²) >= 11 is 5.96. The van der Waals surface area contributed by atoms with Gasteiger partial charge in [0.15, 0.2) is 0 Å². The third-order valence-electron chi connectivity index (χ3n) is 2.90. The molecule has 5 nitrogen and oxygen atoms in total. The molecule has 0 amide bonds. The smallest absolute Gasteiger partial charge is 0.337 e. The van der Waals surface area contributed by atoms with E-state index in [2.05, 4.69) is 10.3 Å². The normalized spacial score (nSPS) is 18.8. The van der Waals surface area contributed by atoms with Crippen molar-refractivity contribution in [3.8, 4) is 0 Å². The van der Waals surface area contributed by atoms with Gasteiger partial charge in [-0.15, -0.1) is 0 Å². The maximum atomic E-state index is 10.9. The number of nitrogens with zero attached hydrogens (tertiary/aromatic N) is 1. The van der Waals surface area contributed by atoms with Crippen LogP contribution >= 0.6 is 11.6 Å². The topological polar surface area (TPSA) is 71.5 Å². The lowest BCUT2D eigenvalue weighted by molar-refractivity contribution is 0.0697. The highest BCUT2D eigenvalue weighted by atomic mass is 35.5. The molecule has 1 atom stereocenters. The molecule has 6 heteroatoms. The number of carboxylic acid groups (broad SMARTS) is 1. The van der Waals surface area contributed by atoms with E-state index >= 15 is 0 Å². The zero-order valence-electron chi connectivity index (χ0n) is 9.86. The van der Waals surface area contributed by atoms with Crippen LogP contribution in [0.2, 0.25) is 5.02 Å². The van der Waals surface area contributed by atoms with Gasteiger partial charge in [-0.3, -0.25) is 0 Å². The van der Waals surface area contributed by atoms with Gasteiger partial charge in [0.25, 0.3) is 0 Å². The molecular weight excluding hydrogens is 256 g/mol. The number of anilines is 1. The lowest BCUT2D eigenvalue weighted by Crippen LogP contribution is -2.13. The molecule has 1 saturated heterocycles. The Balaban J connectivity index is 1.92. The summed E-state index contributed by atoms with van der Waals surface area (Å²) in [6, 6.07) is 1.38. The number of ether oxygens (including phenoxy) is 1. The second kappa shape index (κ2) is 6.02. The van der Waals surface area contributed by atoms with Gasteiger partial charge in [0.05, 0.1) is 16.7 Å². The van der Waals surface area contributed by atoms with Crippen LogP contribution in [0.1, 0.15) is 29.6 Å². The second-order valence-electron chi connectivity index (χ2n) is 4.18. The quantitative estimate of drug-likeness (QED) is 0.860. The van der Waals surface area contributed by atoms with Gasteiger partial charge >= 0.3 is 5.97 Å². The molecule has 0 bridgehead atoms. The van der Waals surface area contributed by atoms with Crippen LogP contribution in [0.25, 0.3) is 0 Å². The van der Waals surface area contributed by atoms with Crippen LogP contribution in [0.15, 0.2) is 12.3 Å². The molecule has 0 radical (unpaired) electrons. The summed E-state index contributed by atoms with van der Waals surface area (Å²) in [6.45, 7) is 1.50. The minimum absolute atomic E-state index is 0.0614. The maximum Gasteiger partial charge on any atom is 0.337 e. The Morgan fingerprint density at radius 1 is 1.67 bits per heavy atom. The molecule has 2 N–H and O–H groups in total. The summed E-state index contributed by atoms with van der Waals surface area (Å²) in [5, 5.41) is 12.1. The van der Waals surface area contributed by atoms with Crippen molar-refractivity contribution in [2.45, 2.75) is 25.4 Å². The number of hydrogen-bond donors (Lipinski definition) is 2. The van der Waals surface area contributed by atoms with E-state index < -0.39 is 5.97 Å². The van der Waals surface area contributed by atoms with Gasteiger partial charge in [0.2, 0.25) is 0 Å². The monoisotopic (exact) mass is 270 g/mol. The molecule has 98 valence electrons. The van der Waals surface area contributed by atoms with Gasteiger partial charge in [0.1, 0.15) is 5.82 Å². The molecule has 0 aliphatic carbocycles. The van der Waals surface area contributed by atoms with Crippen molar-refractivity contribution in [1.29, 1.82) is 0 Å². The Morgan fingerprint density at radius 3 is 3.17 bits per heavy atom. The van der Waals surface area contributed by atoms with Crippen LogP contribution in [-0.2, 0) is 4.74 Å². The Morgan fingerprint density at radius 2 is 2.50 bits per heavy atom. The number of carbonyl (C=O) groups is 1. The van der Waals surface area contributed by atoms with E-state index in [4.69, 9.17) is 21.4 Å². The van der Waals surface area contributed by atoms with Crippen molar-refractivity contribution in [1.82, 2.24) is 4.98 Å². The molecule has 0 aromatic carbocycles. The average molecular weight is 271 g/mol. The molecule has 1 aromatic rings. The van der Waals surface area contributed by atoms with E-state index in [9.17, 15) is 4.79 Å². The first-order valence-corrected chi connectivity index (χ1v) is 6.29. The largest absolute Gasteiger partial charge is 0.478 e. The molecule has 1 aliphatic rings. The van der Waals surface area contributed by atoms with Crippen LogP contribution in [0.5, 0.6) is 0 Å². The molecule has 1 fully saturated rings. The van der Waals surface area contributed by atoms with Crippen LogP contribution in [0, 0.1) is 0 Å². The van der Waals surface area contributed by atoms with Crippen LogP contribution in [-0.4, -0.2) is 35.3 Å². The van der Waals surface area contributed by atoms with E-state index in [1.165, 1.54) is 12.3 Å². The summed E-state index contributed by atoms with van der Waals surface area (Å²) in [5.74, 6) is -0.640. The molecule has 0 saturated carbocycles. The van der Waals surface area contributed by atoms with Gasteiger partial charge in [-0.25, -0.2) is 9.78 Å². The number of hydrogen-bond acceptors (Lipinski definition) is 4. The fourth-order valence-corrected chi connectivity index (χ4v) is 2.22. The van der Waals surface area contributed by atoms with E-state index in [0.717, 1.165) is 25.9 Å². The predicted octanol–water partition coefficient (Wildman–Crippen LogP) is 2.41. The summed E-state index contributed by atoms with van der Waals surface area (Å²) in [4.78, 5) is 14.9. The summed E-state index contributed by atoms with van der Waals surface area (Å²) in [6.07, 6.45) is 4.79. The summed E-state index contributed by atoms with van der Waals surface area (Å²) in [5.41, 5.74) is 0.0614. The number of halogens is 1. The Hall–Kier alpha value is -1.33. The number of nitrogens with one attached hydrogen (secondary N) is 1. The first-order valence-electron chi connectivity index (χ1n) is 5.91. The lowest BCUT2D eigenvalue weighted by Gasteiger charge is -2.11. The third kappa shape index (κ3) is 3.11. The predicted molar refractivity (Wildman–Crippen MR) is 68.3 cm³/mol. The van der Waals surface area contributed by atoms with Crippen molar-refractivity contribution < 1.29 is 14.6 Å². The van der Waals surface area contributed by atoms with Gasteiger partial charge in [0, 0.05) is 19.3 Å². The zero-order chi connectivity index (χ0) is 13.0. The highest BCUT2D eigenvalue weighted by Gasteiger charge is 2.16. The highest BCUT2D eigenvalue weighted by Crippen LogP contribution is 2.24. The van der Waals surface area contributed by atoms with Crippen molar-refractivity contribution in [3.63, 3.8) is 0 Å². The van der Waals surface area contributed by atoms with Gasteiger partial charge in [-0.1, -0.05) is 11.6 Å². The number of aromatic nitrogens is 1. The first-order chi connectivity index (χ1) is 8.68. The molecule has 0 spiro atoms. The molecule has 18 heavy (non-hydrogen) atoms. The lowest BCUT2D eigenvalue weighted by atomic mass is 10.2. The van der Waals surface area contributed by atoms with Crippen molar-refractivity contribution in [2.75, 3.05) is 18.5 Å². The second-order valence-corrected chi connectivity index (χ2v) is 4.55. The molecule has 1 aromatic heterocycles. The van der Waals surface area contributed by atoms with Crippen molar-refractivity contribution >= 4 is 23.4 Å². The number of aromatic carboxylic acids is 1. The van der Waals surface area contributed by atoms with Gasteiger partial charge < -0.3 is 15.2 Å². The molecule has 1 unspecified atom stereocenters. The zero-order valence-corrected chi connectivity index (χ0v) is 10.6. The SMILES string of the molecule is O=C(O)c1ccnc(NCCC2CCCO2)c1Cl. The maximum absolute atomic E-state index is 10.9. The Kier molecular flexibility index (Phi) is 4.38. The average Bonchev–Trinajstić information content (AvgIpc) is 2.84. The molecule has 2 rings (SSSR count). The summed E-state index contributed by atoms with van der Waals surface area (Å²) in [7, 11) is 0. The minimum Gasteiger partial charge on any atom is -0.478 e. The number of pyridine rings is 1. The van der Waals surface area contributed by atoms with Crippen LogP contribution in [0.4, 0.5) is 5.82 Å². The fraction of sp³-hybridized carbons (Fsp3) is 0.500. The number of rotatable bonds is 5. The fourth-order valence-electron chi connectivity index (χ4n) is 1.96. The third-order valence-corrected chi connectivity index (χ3v) is 3.28. The Labute approximate surface area is 110 Å². The van der Waals surface area contributed by atoms with Crippen LogP contribution in [0.3, 0.4) is 0 Å². The van der Waals surface area contributed by atoms with E-state index in [1.54, 1.807) is 0 Å². The standard InChI is InChI=1S/C12H15ClN2O3/c13-10-9(12(16)17)4-6-15-11(10)14-5-3-8-2-1-7-18-8/h4,6,8H,1-3,5,7H2,(H,14,15)(H,16,17). The van der Waals surface area contributed by atoms with Gasteiger partial charge in [-0.05, 0) is 25.3 Å². The summed E-state index contributed by atoms with van der Waals surface area (Å²) < 4.78 is 5.50. The van der Waals surface area contributed by atoms with E-state index in [1.807, 2.05) is 0 Å². The van der Waals surface area contributed by atoms with Crippen LogP contribution < -0.4 is 5.32 Å².